The summed E-state index contributed by atoms with van der Waals surface area (Å²) in [6, 6.07) is 2.78. The van der Waals surface area contributed by atoms with Gasteiger partial charge in [0, 0.05) is 35.8 Å². The van der Waals surface area contributed by atoms with E-state index in [4.69, 9.17) is 10.8 Å². The molecule has 7 N–H and O–H groups in total. The van der Waals surface area contributed by atoms with E-state index in [1.807, 2.05) is 24.3 Å². The molecule has 0 aliphatic carbocycles. The lowest BCUT2D eigenvalue weighted by molar-refractivity contribution is -0.144. The van der Waals surface area contributed by atoms with Crippen LogP contribution in [-0.2, 0) is 30.4 Å². The number of para-hydroxylation sites is 1. The van der Waals surface area contributed by atoms with Gasteiger partial charge in [-0.2, -0.15) is 12.6 Å². The first-order valence-electron chi connectivity index (χ1n) is 11.4. The molecule has 4 unspecified atom stereocenters. The third-order valence-corrected chi connectivity index (χ3v) is 6.45. The number of aliphatic carboxylic acids is 2. The average Bonchev–Trinajstić information content (AvgIpc) is 3.48. The van der Waals surface area contributed by atoms with Crippen LogP contribution in [0, 0.1) is 0 Å². The Bertz CT molecular complexity index is 1150. The lowest BCUT2D eigenvalue weighted by Crippen LogP contribution is -2.57. The van der Waals surface area contributed by atoms with Crippen molar-refractivity contribution in [3.63, 3.8) is 0 Å². The summed E-state index contributed by atoms with van der Waals surface area (Å²) >= 11 is 4.10. The van der Waals surface area contributed by atoms with Gasteiger partial charge in [0.05, 0.1) is 12.5 Å². The van der Waals surface area contributed by atoms with Gasteiger partial charge in [-0.05, 0) is 24.5 Å². The summed E-state index contributed by atoms with van der Waals surface area (Å²) in [5.74, 6) is -4.59. The van der Waals surface area contributed by atoms with Crippen molar-refractivity contribution < 1.29 is 34.2 Å². The third-order valence-electron chi connectivity index (χ3n) is 6.08. The molecule has 194 valence electrons. The van der Waals surface area contributed by atoms with Crippen LogP contribution in [0.15, 0.2) is 30.5 Å². The van der Waals surface area contributed by atoms with Crippen LogP contribution in [0.25, 0.3) is 10.9 Å². The number of aromatic amines is 1. The molecule has 4 atom stereocenters. The number of aromatic nitrogens is 1. The molecule has 1 saturated heterocycles. The number of carboxylic acids is 2. The number of hydrogen-bond acceptors (Lipinski definition) is 7. The molecule has 1 aliphatic heterocycles. The zero-order valence-electron chi connectivity index (χ0n) is 19.3. The number of rotatable bonds is 11. The van der Waals surface area contributed by atoms with E-state index in [2.05, 4.69) is 28.2 Å². The van der Waals surface area contributed by atoms with Crippen LogP contribution < -0.4 is 16.4 Å². The number of benzene rings is 1. The summed E-state index contributed by atoms with van der Waals surface area (Å²) in [4.78, 5) is 65.4. The Labute approximate surface area is 212 Å². The molecule has 1 fully saturated rings. The highest BCUT2D eigenvalue weighted by Crippen LogP contribution is 2.21. The normalized spacial score (nSPS) is 17.8. The predicted molar refractivity (Wildman–Crippen MR) is 132 cm³/mol. The molecular formula is C23H29N5O7S. The third kappa shape index (κ3) is 6.34. The maximum Gasteiger partial charge on any atom is 0.326 e. The Morgan fingerprint density at radius 3 is 2.53 bits per heavy atom. The molecule has 36 heavy (non-hydrogen) atoms. The van der Waals surface area contributed by atoms with Gasteiger partial charge in [-0.25, -0.2) is 4.79 Å². The van der Waals surface area contributed by atoms with Crippen molar-refractivity contribution in [3.05, 3.63) is 36.0 Å². The van der Waals surface area contributed by atoms with Gasteiger partial charge >= 0.3 is 11.9 Å². The van der Waals surface area contributed by atoms with Gasteiger partial charge < -0.3 is 36.5 Å². The Balaban J connectivity index is 1.67. The average molecular weight is 520 g/mol. The van der Waals surface area contributed by atoms with Gasteiger partial charge in [0.1, 0.15) is 18.1 Å². The Morgan fingerprint density at radius 1 is 1.14 bits per heavy atom. The Kier molecular flexibility index (Phi) is 8.93. The first kappa shape index (κ1) is 27.0. The van der Waals surface area contributed by atoms with Crippen LogP contribution in [0.1, 0.15) is 24.8 Å². The van der Waals surface area contributed by atoms with E-state index in [1.54, 1.807) is 6.20 Å². The van der Waals surface area contributed by atoms with Crippen molar-refractivity contribution in [2.24, 2.45) is 5.73 Å². The number of likely N-dealkylation sites (tertiary alicyclic amines) is 1. The van der Waals surface area contributed by atoms with Crippen molar-refractivity contribution in [1.29, 1.82) is 0 Å². The number of thiol groups is 1. The molecule has 1 aromatic carbocycles. The maximum atomic E-state index is 13.1. The Hall–Kier alpha value is -3.58. The van der Waals surface area contributed by atoms with E-state index in [1.165, 1.54) is 4.90 Å². The van der Waals surface area contributed by atoms with Crippen molar-refractivity contribution in [3.8, 4) is 0 Å². The van der Waals surface area contributed by atoms with E-state index in [9.17, 15) is 29.1 Å². The minimum atomic E-state index is -1.35. The number of fused-ring (bicyclic) bond motifs is 1. The highest BCUT2D eigenvalue weighted by Gasteiger charge is 2.39. The lowest BCUT2D eigenvalue weighted by atomic mass is 10.0. The number of H-pyrrole nitrogens is 1. The summed E-state index contributed by atoms with van der Waals surface area (Å²) in [6.07, 6.45) is 1.97. The number of carboxylic acid groups (broad SMARTS) is 2. The molecule has 2 heterocycles. The molecule has 0 radical (unpaired) electrons. The fourth-order valence-electron chi connectivity index (χ4n) is 4.24. The molecule has 2 aromatic rings. The van der Waals surface area contributed by atoms with Crippen molar-refractivity contribution in [1.82, 2.24) is 20.5 Å². The summed E-state index contributed by atoms with van der Waals surface area (Å²) in [5, 5.41) is 24.3. The Morgan fingerprint density at radius 2 is 1.86 bits per heavy atom. The lowest BCUT2D eigenvalue weighted by Gasteiger charge is -2.29. The number of nitrogens with one attached hydrogen (secondary N) is 3. The summed E-state index contributed by atoms with van der Waals surface area (Å²) in [5.41, 5.74) is 7.13. The van der Waals surface area contributed by atoms with Crippen LogP contribution >= 0.6 is 12.6 Å². The number of amides is 3. The maximum absolute atomic E-state index is 13.1. The predicted octanol–water partition coefficient (Wildman–Crippen LogP) is -0.513. The van der Waals surface area contributed by atoms with E-state index in [-0.39, 0.29) is 18.7 Å². The molecule has 12 nitrogen and oxygen atoms in total. The smallest absolute Gasteiger partial charge is 0.326 e. The summed E-state index contributed by atoms with van der Waals surface area (Å²) in [7, 11) is 0. The minimum absolute atomic E-state index is 0.0442. The van der Waals surface area contributed by atoms with E-state index < -0.39 is 60.2 Å². The van der Waals surface area contributed by atoms with Gasteiger partial charge in [-0.3, -0.25) is 19.2 Å². The number of nitrogens with zero attached hydrogens (tertiary/aromatic N) is 1. The van der Waals surface area contributed by atoms with Crippen LogP contribution in [0.2, 0.25) is 0 Å². The molecule has 1 aliphatic rings. The minimum Gasteiger partial charge on any atom is -0.481 e. The zero-order valence-corrected chi connectivity index (χ0v) is 20.2. The van der Waals surface area contributed by atoms with Gasteiger partial charge in [-0.1, -0.05) is 18.2 Å². The molecular weight excluding hydrogens is 490 g/mol. The highest BCUT2D eigenvalue weighted by atomic mass is 32.1. The van der Waals surface area contributed by atoms with Crippen molar-refractivity contribution in [2.75, 3.05) is 12.3 Å². The van der Waals surface area contributed by atoms with E-state index in [0.29, 0.717) is 12.8 Å². The molecule has 1 aromatic heterocycles. The van der Waals surface area contributed by atoms with Crippen LogP contribution in [0.3, 0.4) is 0 Å². The quantitative estimate of drug-likeness (QED) is 0.193. The SMILES string of the molecule is NC(CC(=O)O)C(=O)NC(CS)C(=O)N1CCCC1C(=O)NC(Cc1c[nH]c2ccccc12)C(=O)O. The van der Waals surface area contributed by atoms with Crippen LogP contribution in [0.5, 0.6) is 0 Å². The first-order chi connectivity index (χ1) is 17.1. The fourth-order valence-corrected chi connectivity index (χ4v) is 4.48. The number of carbonyl (C=O) groups excluding carboxylic acids is 3. The summed E-state index contributed by atoms with van der Waals surface area (Å²) < 4.78 is 0. The van der Waals surface area contributed by atoms with Gasteiger partial charge in [0.15, 0.2) is 0 Å². The topological polar surface area (TPSA) is 195 Å². The molecule has 3 rings (SSSR count). The van der Waals surface area contributed by atoms with Gasteiger partial charge in [-0.15, -0.1) is 0 Å². The molecule has 0 saturated carbocycles. The van der Waals surface area contributed by atoms with Gasteiger partial charge in [0.2, 0.25) is 17.7 Å². The molecule has 0 spiro atoms. The van der Waals surface area contributed by atoms with Crippen LogP contribution in [0.4, 0.5) is 0 Å². The second-order valence-corrected chi connectivity index (χ2v) is 8.97. The standard InChI is InChI=1S/C23H29N5O7S/c24-14(9-19(29)30)20(31)27-17(11-36)22(33)28-7-3-6-18(28)21(32)26-16(23(34)35)8-12-10-25-15-5-2-1-4-13(12)15/h1-2,4-5,10,14,16-18,25,36H,3,6-9,11,24H2,(H,26,32)(H,27,31)(H,29,30)(H,34,35). The van der Waals surface area contributed by atoms with Crippen molar-refractivity contribution in [2.45, 2.75) is 49.9 Å². The van der Waals surface area contributed by atoms with Gasteiger partial charge in [0.25, 0.3) is 0 Å². The van der Waals surface area contributed by atoms with E-state index >= 15 is 0 Å². The number of carbonyl (C=O) groups is 5. The van der Waals surface area contributed by atoms with Crippen molar-refractivity contribution >= 4 is 53.2 Å². The largest absolute Gasteiger partial charge is 0.481 e. The number of hydrogen-bond donors (Lipinski definition) is 7. The highest BCUT2D eigenvalue weighted by molar-refractivity contribution is 7.80. The summed E-state index contributed by atoms with van der Waals surface area (Å²) in [6.45, 7) is 0.235. The monoisotopic (exact) mass is 519 g/mol. The van der Waals surface area contributed by atoms with E-state index in [0.717, 1.165) is 16.5 Å². The fraction of sp³-hybridized carbons (Fsp3) is 0.435. The zero-order chi connectivity index (χ0) is 26.4. The molecule has 13 heteroatoms. The number of nitrogens with two attached hydrogens (primary N) is 1. The van der Waals surface area contributed by atoms with Crippen LogP contribution in [-0.4, -0.2) is 86.2 Å². The second-order valence-electron chi connectivity index (χ2n) is 8.60. The second kappa shape index (κ2) is 11.9. The molecule has 3 amide bonds. The molecule has 0 bridgehead atoms. The first-order valence-corrected chi connectivity index (χ1v) is 12.0.